The summed E-state index contributed by atoms with van der Waals surface area (Å²) in [4.78, 5) is 22.1. The average molecular weight is 228 g/mol. The lowest BCUT2D eigenvalue weighted by Gasteiger charge is -2.19. The van der Waals surface area contributed by atoms with Crippen LogP contribution in [0.1, 0.15) is 19.8 Å². The van der Waals surface area contributed by atoms with E-state index in [0.717, 1.165) is 12.8 Å². The summed E-state index contributed by atoms with van der Waals surface area (Å²) in [5.74, 6) is -1.25. The Morgan fingerprint density at radius 3 is 2.38 bits per heavy atom. The SMILES string of the molecule is C[C@@H](O)[C@H](NC(=O)NC1CC=CC1)C(=O)O. The molecule has 0 bridgehead atoms. The summed E-state index contributed by atoms with van der Waals surface area (Å²) in [5.41, 5.74) is 0. The largest absolute Gasteiger partial charge is 0.480 e. The highest BCUT2D eigenvalue weighted by molar-refractivity contribution is 5.83. The molecule has 0 aromatic rings. The van der Waals surface area contributed by atoms with E-state index < -0.39 is 24.1 Å². The van der Waals surface area contributed by atoms with E-state index in [9.17, 15) is 9.59 Å². The number of urea groups is 1. The molecule has 0 aromatic heterocycles. The number of hydrogen-bond acceptors (Lipinski definition) is 3. The van der Waals surface area contributed by atoms with Gasteiger partial charge in [-0.05, 0) is 19.8 Å². The molecule has 2 amide bonds. The number of hydrogen-bond donors (Lipinski definition) is 4. The van der Waals surface area contributed by atoms with Crippen LogP contribution < -0.4 is 10.6 Å². The minimum absolute atomic E-state index is 0.0171. The molecule has 0 aliphatic heterocycles. The number of aliphatic hydroxyl groups is 1. The van der Waals surface area contributed by atoms with Crippen LogP contribution in [0.15, 0.2) is 12.2 Å². The van der Waals surface area contributed by atoms with E-state index in [0.29, 0.717) is 0 Å². The van der Waals surface area contributed by atoms with E-state index in [4.69, 9.17) is 10.2 Å². The Bertz CT molecular complexity index is 293. The van der Waals surface area contributed by atoms with Crippen molar-refractivity contribution in [2.45, 2.75) is 38.0 Å². The first-order valence-corrected chi connectivity index (χ1v) is 5.13. The number of carbonyl (C=O) groups excluding carboxylic acids is 1. The van der Waals surface area contributed by atoms with E-state index in [1.165, 1.54) is 6.92 Å². The summed E-state index contributed by atoms with van der Waals surface area (Å²) in [6.07, 6.45) is 4.27. The van der Waals surface area contributed by atoms with Gasteiger partial charge < -0.3 is 20.8 Å². The maximum atomic E-state index is 11.4. The molecule has 90 valence electrons. The smallest absolute Gasteiger partial charge is 0.328 e. The lowest BCUT2D eigenvalue weighted by atomic mass is 10.2. The first-order valence-electron chi connectivity index (χ1n) is 5.13. The Labute approximate surface area is 93.3 Å². The van der Waals surface area contributed by atoms with E-state index in [-0.39, 0.29) is 6.04 Å². The third kappa shape index (κ3) is 3.54. The summed E-state index contributed by atoms with van der Waals surface area (Å²) in [6.45, 7) is 1.32. The van der Waals surface area contributed by atoms with Gasteiger partial charge >= 0.3 is 12.0 Å². The lowest BCUT2D eigenvalue weighted by Crippen LogP contribution is -2.52. The molecule has 6 nitrogen and oxygen atoms in total. The van der Waals surface area contributed by atoms with Crippen LogP contribution in [0.3, 0.4) is 0 Å². The molecule has 0 saturated carbocycles. The van der Waals surface area contributed by atoms with Gasteiger partial charge in [-0.1, -0.05) is 12.2 Å². The molecule has 0 saturated heterocycles. The van der Waals surface area contributed by atoms with Crippen LogP contribution in [0.5, 0.6) is 0 Å². The highest BCUT2D eigenvalue weighted by Gasteiger charge is 2.25. The van der Waals surface area contributed by atoms with Crippen LogP contribution in [-0.2, 0) is 4.79 Å². The third-order valence-corrected chi connectivity index (χ3v) is 2.38. The number of carbonyl (C=O) groups is 2. The molecule has 0 fully saturated rings. The zero-order valence-corrected chi connectivity index (χ0v) is 9.01. The molecule has 16 heavy (non-hydrogen) atoms. The Kier molecular flexibility index (Phi) is 4.30. The normalized spacial score (nSPS) is 19.1. The highest BCUT2D eigenvalue weighted by Crippen LogP contribution is 2.08. The first-order chi connectivity index (χ1) is 7.50. The van der Waals surface area contributed by atoms with E-state index in [2.05, 4.69) is 10.6 Å². The van der Waals surface area contributed by atoms with Gasteiger partial charge in [0.2, 0.25) is 0 Å². The predicted molar refractivity (Wildman–Crippen MR) is 56.9 cm³/mol. The summed E-state index contributed by atoms with van der Waals surface area (Å²) >= 11 is 0. The van der Waals surface area contributed by atoms with Crippen LogP contribution in [0.4, 0.5) is 4.79 Å². The van der Waals surface area contributed by atoms with Crippen molar-refractivity contribution >= 4 is 12.0 Å². The second-order valence-corrected chi connectivity index (χ2v) is 3.81. The number of rotatable bonds is 4. The number of carboxylic acid groups (broad SMARTS) is 1. The topological polar surface area (TPSA) is 98.7 Å². The van der Waals surface area contributed by atoms with Crippen molar-refractivity contribution in [3.63, 3.8) is 0 Å². The van der Waals surface area contributed by atoms with Gasteiger partial charge in [0.1, 0.15) is 0 Å². The maximum Gasteiger partial charge on any atom is 0.328 e. The molecule has 1 aliphatic carbocycles. The summed E-state index contributed by atoms with van der Waals surface area (Å²) < 4.78 is 0. The molecule has 0 heterocycles. The molecular formula is C10H16N2O4. The number of carboxylic acids is 1. The second-order valence-electron chi connectivity index (χ2n) is 3.81. The van der Waals surface area contributed by atoms with Gasteiger partial charge in [-0.15, -0.1) is 0 Å². The van der Waals surface area contributed by atoms with Crippen molar-refractivity contribution in [2.24, 2.45) is 0 Å². The number of amides is 2. The molecule has 0 aromatic carbocycles. The fraction of sp³-hybridized carbons (Fsp3) is 0.600. The Morgan fingerprint density at radius 1 is 1.38 bits per heavy atom. The maximum absolute atomic E-state index is 11.4. The van der Waals surface area contributed by atoms with Gasteiger partial charge in [-0.2, -0.15) is 0 Å². The van der Waals surface area contributed by atoms with Crippen LogP contribution >= 0.6 is 0 Å². The summed E-state index contributed by atoms with van der Waals surface area (Å²) in [6, 6.07) is -1.83. The van der Waals surface area contributed by atoms with Crippen molar-refractivity contribution in [2.75, 3.05) is 0 Å². The zero-order chi connectivity index (χ0) is 12.1. The van der Waals surface area contributed by atoms with Crippen LogP contribution in [0.25, 0.3) is 0 Å². The average Bonchev–Trinajstić information content (AvgIpc) is 2.65. The van der Waals surface area contributed by atoms with Gasteiger partial charge in [-0.3, -0.25) is 0 Å². The summed E-state index contributed by atoms with van der Waals surface area (Å²) in [7, 11) is 0. The van der Waals surface area contributed by atoms with Gasteiger partial charge in [0.15, 0.2) is 6.04 Å². The van der Waals surface area contributed by atoms with Crippen LogP contribution in [0.2, 0.25) is 0 Å². The molecule has 1 rings (SSSR count). The molecule has 0 radical (unpaired) electrons. The van der Waals surface area contributed by atoms with Gasteiger partial charge in [-0.25, -0.2) is 9.59 Å². The second kappa shape index (κ2) is 5.50. The molecule has 2 atom stereocenters. The standard InChI is InChI=1S/C10H16N2O4/c1-6(13)8(9(14)15)12-10(16)11-7-4-2-3-5-7/h2-3,6-8,13H,4-5H2,1H3,(H,14,15)(H2,11,12,16)/t6-,8+/m1/s1. The van der Waals surface area contributed by atoms with Crippen LogP contribution in [0, 0.1) is 0 Å². The van der Waals surface area contributed by atoms with Crippen LogP contribution in [-0.4, -0.2) is 40.4 Å². The fourth-order valence-electron chi connectivity index (χ4n) is 1.49. The number of aliphatic carboxylic acids is 1. The van der Waals surface area contributed by atoms with Gasteiger partial charge in [0.25, 0.3) is 0 Å². The third-order valence-electron chi connectivity index (χ3n) is 2.38. The van der Waals surface area contributed by atoms with Crippen molar-refractivity contribution < 1.29 is 19.8 Å². The Balaban J connectivity index is 2.39. The van der Waals surface area contributed by atoms with E-state index in [1.807, 2.05) is 12.2 Å². The van der Waals surface area contributed by atoms with Crippen molar-refractivity contribution in [3.8, 4) is 0 Å². The van der Waals surface area contributed by atoms with Crippen molar-refractivity contribution in [1.82, 2.24) is 10.6 Å². The van der Waals surface area contributed by atoms with Crippen molar-refractivity contribution in [1.29, 1.82) is 0 Å². The fourth-order valence-corrected chi connectivity index (χ4v) is 1.49. The number of nitrogens with one attached hydrogen (secondary N) is 2. The first kappa shape index (κ1) is 12.5. The molecule has 0 unspecified atom stereocenters. The Hall–Kier alpha value is -1.56. The monoisotopic (exact) mass is 228 g/mol. The number of aliphatic hydroxyl groups excluding tert-OH is 1. The lowest BCUT2D eigenvalue weighted by molar-refractivity contribution is -0.141. The van der Waals surface area contributed by atoms with E-state index in [1.54, 1.807) is 0 Å². The molecule has 0 spiro atoms. The quantitative estimate of drug-likeness (QED) is 0.502. The summed E-state index contributed by atoms with van der Waals surface area (Å²) in [5, 5.41) is 22.7. The van der Waals surface area contributed by atoms with Gasteiger partial charge in [0.05, 0.1) is 6.10 Å². The van der Waals surface area contributed by atoms with Gasteiger partial charge in [0, 0.05) is 6.04 Å². The van der Waals surface area contributed by atoms with Crippen molar-refractivity contribution in [3.05, 3.63) is 12.2 Å². The minimum atomic E-state index is -1.28. The Morgan fingerprint density at radius 2 is 1.94 bits per heavy atom. The highest BCUT2D eigenvalue weighted by atomic mass is 16.4. The minimum Gasteiger partial charge on any atom is -0.480 e. The predicted octanol–water partition coefficient (Wildman–Crippen LogP) is -0.162. The molecular weight excluding hydrogens is 212 g/mol. The van der Waals surface area contributed by atoms with E-state index >= 15 is 0 Å². The molecule has 1 aliphatic rings. The molecule has 4 N–H and O–H groups in total. The molecule has 6 heteroatoms. The zero-order valence-electron chi connectivity index (χ0n) is 9.01.